The van der Waals surface area contributed by atoms with E-state index in [0.717, 1.165) is 16.7 Å². The van der Waals surface area contributed by atoms with E-state index in [-0.39, 0.29) is 5.91 Å². The lowest BCUT2D eigenvalue weighted by Crippen LogP contribution is -2.13. The van der Waals surface area contributed by atoms with Crippen molar-refractivity contribution in [2.75, 3.05) is 11.9 Å². The Bertz CT molecular complexity index is 709. The van der Waals surface area contributed by atoms with Gasteiger partial charge >= 0.3 is 0 Å². The van der Waals surface area contributed by atoms with Gasteiger partial charge < -0.3 is 11.1 Å². The monoisotopic (exact) mass is 279 g/mol. The summed E-state index contributed by atoms with van der Waals surface area (Å²) >= 11 is 0. The van der Waals surface area contributed by atoms with Crippen molar-refractivity contribution >= 4 is 11.7 Å². The van der Waals surface area contributed by atoms with Crippen molar-refractivity contribution in [1.82, 2.24) is 4.98 Å². The number of aryl methyl sites for hydroxylation is 2. The summed E-state index contributed by atoms with van der Waals surface area (Å²) in [5, 5.41) is 2.77. The molecule has 3 N–H and O–H groups in total. The van der Waals surface area contributed by atoms with E-state index in [9.17, 15) is 4.79 Å². The zero-order chi connectivity index (χ0) is 15.2. The van der Waals surface area contributed by atoms with Gasteiger partial charge in [0.1, 0.15) is 5.82 Å². The van der Waals surface area contributed by atoms with Gasteiger partial charge in [-0.25, -0.2) is 4.98 Å². The number of carbonyl (C=O) groups is 1. The minimum Gasteiger partial charge on any atom is -0.320 e. The number of amides is 1. The predicted octanol–water partition coefficient (Wildman–Crippen LogP) is 2.26. The van der Waals surface area contributed by atoms with Gasteiger partial charge in [-0.05, 0) is 43.2 Å². The van der Waals surface area contributed by atoms with Crippen molar-refractivity contribution < 1.29 is 4.79 Å². The van der Waals surface area contributed by atoms with Gasteiger partial charge in [0, 0.05) is 17.3 Å². The van der Waals surface area contributed by atoms with Crippen molar-refractivity contribution in [3.05, 3.63) is 58.8 Å². The van der Waals surface area contributed by atoms with E-state index in [1.165, 1.54) is 0 Å². The van der Waals surface area contributed by atoms with E-state index >= 15 is 0 Å². The van der Waals surface area contributed by atoms with Crippen LogP contribution in [-0.4, -0.2) is 17.4 Å². The highest BCUT2D eigenvalue weighted by atomic mass is 16.1. The summed E-state index contributed by atoms with van der Waals surface area (Å²) in [4.78, 5) is 16.4. The van der Waals surface area contributed by atoms with Gasteiger partial charge in [0.25, 0.3) is 5.91 Å². The van der Waals surface area contributed by atoms with Gasteiger partial charge in [-0.3, -0.25) is 4.79 Å². The summed E-state index contributed by atoms with van der Waals surface area (Å²) in [6.07, 6.45) is 1.71. The maximum absolute atomic E-state index is 12.2. The van der Waals surface area contributed by atoms with Crippen LogP contribution in [0, 0.1) is 25.7 Å². The maximum atomic E-state index is 12.2. The third-order valence-electron chi connectivity index (χ3n) is 2.98. The standard InChI is InChI=1S/C17H17N3O/c1-12-5-8-16(19-11-12)20-17(21)15-7-6-13(2)14(10-15)4-3-9-18/h5-8,10-11H,9,18H2,1-2H3,(H,19,20,21). The Morgan fingerprint density at radius 3 is 2.76 bits per heavy atom. The number of rotatable bonds is 2. The molecular formula is C17H17N3O. The Balaban J connectivity index is 2.21. The van der Waals surface area contributed by atoms with Crippen molar-refractivity contribution in [2.45, 2.75) is 13.8 Å². The molecule has 2 rings (SSSR count). The quantitative estimate of drug-likeness (QED) is 0.829. The lowest BCUT2D eigenvalue weighted by molar-refractivity contribution is 0.102. The Morgan fingerprint density at radius 2 is 2.10 bits per heavy atom. The van der Waals surface area contributed by atoms with Crippen molar-refractivity contribution in [3.8, 4) is 11.8 Å². The highest BCUT2D eigenvalue weighted by molar-refractivity contribution is 6.04. The van der Waals surface area contributed by atoms with Crippen molar-refractivity contribution in [1.29, 1.82) is 0 Å². The minimum atomic E-state index is -0.206. The van der Waals surface area contributed by atoms with E-state index in [1.807, 2.05) is 26.0 Å². The molecule has 1 aromatic carbocycles. The first-order valence-electron chi connectivity index (χ1n) is 6.64. The highest BCUT2D eigenvalue weighted by Crippen LogP contribution is 2.12. The molecule has 1 heterocycles. The van der Waals surface area contributed by atoms with E-state index < -0.39 is 0 Å². The number of pyridine rings is 1. The molecule has 0 saturated carbocycles. The lowest BCUT2D eigenvalue weighted by atomic mass is 10.0. The molecule has 0 fully saturated rings. The van der Waals surface area contributed by atoms with Gasteiger partial charge in [-0.15, -0.1) is 0 Å². The zero-order valence-electron chi connectivity index (χ0n) is 12.1. The third kappa shape index (κ3) is 3.91. The number of nitrogens with zero attached hydrogens (tertiary/aromatic N) is 1. The second-order valence-electron chi connectivity index (χ2n) is 4.71. The average molecular weight is 279 g/mol. The van der Waals surface area contributed by atoms with Crippen LogP contribution in [-0.2, 0) is 0 Å². The lowest BCUT2D eigenvalue weighted by Gasteiger charge is -2.06. The molecule has 0 aliphatic heterocycles. The van der Waals surface area contributed by atoms with Crippen LogP contribution >= 0.6 is 0 Å². The van der Waals surface area contributed by atoms with Crippen LogP contribution in [0.25, 0.3) is 0 Å². The summed E-state index contributed by atoms with van der Waals surface area (Å²) in [6.45, 7) is 4.19. The summed E-state index contributed by atoms with van der Waals surface area (Å²) in [6, 6.07) is 9.08. The fourth-order valence-electron chi connectivity index (χ4n) is 1.77. The van der Waals surface area contributed by atoms with Gasteiger partial charge in [-0.1, -0.05) is 24.0 Å². The Morgan fingerprint density at radius 1 is 1.29 bits per heavy atom. The van der Waals surface area contributed by atoms with Crippen LogP contribution in [0.4, 0.5) is 5.82 Å². The molecular weight excluding hydrogens is 262 g/mol. The number of hydrogen-bond donors (Lipinski definition) is 2. The molecule has 0 saturated heterocycles. The number of carbonyl (C=O) groups excluding carboxylic acids is 1. The molecule has 0 aliphatic rings. The molecule has 0 radical (unpaired) electrons. The van der Waals surface area contributed by atoms with Crippen LogP contribution in [0.2, 0.25) is 0 Å². The normalized spacial score (nSPS) is 9.67. The number of nitrogens with one attached hydrogen (secondary N) is 1. The first-order valence-corrected chi connectivity index (χ1v) is 6.64. The predicted molar refractivity (Wildman–Crippen MR) is 84.0 cm³/mol. The van der Waals surface area contributed by atoms with Crippen molar-refractivity contribution in [2.24, 2.45) is 5.73 Å². The van der Waals surface area contributed by atoms with Gasteiger partial charge in [0.05, 0.1) is 6.54 Å². The first-order chi connectivity index (χ1) is 10.1. The summed E-state index contributed by atoms with van der Waals surface area (Å²) < 4.78 is 0. The Hall–Kier alpha value is -2.64. The number of anilines is 1. The van der Waals surface area contributed by atoms with Crippen LogP contribution in [0.1, 0.15) is 27.0 Å². The summed E-state index contributed by atoms with van der Waals surface area (Å²) in [7, 11) is 0. The average Bonchev–Trinajstić information content (AvgIpc) is 2.48. The SMILES string of the molecule is Cc1ccc(NC(=O)c2ccc(C)c(C#CCN)c2)nc1. The van der Waals surface area contributed by atoms with Crippen LogP contribution < -0.4 is 11.1 Å². The van der Waals surface area contributed by atoms with E-state index in [1.54, 1.807) is 24.4 Å². The van der Waals surface area contributed by atoms with Crippen LogP contribution in [0.3, 0.4) is 0 Å². The molecule has 106 valence electrons. The van der Waals surface area contributed by atoms with E-state index in [0.29, 0.717) is 17.9 Å². The second-order valence-corrected chi connectivity index (χ2v) is 4.71. The molecule has 0 bridgehead atoms. The molecule has 4 nitrogen and oxygen atoms in total. The van der Waals surface area contributed by atoms with Crippen molar-refractivity contribution in [3.63, 3.8) is 0 Å². The Labute approximate surface area is 124 Å². The first kappa shape index (κ1) is 14.8. The number of aromatic nitrogens is 1. The summed E-state index contributed by atoms with van der Waals surface area (Å²) in [5.41, 5.74) is 8.79. The highest BCUT2D eigenvalue weighted by Gasteiger charge is 2.08. The maximum Gasteiger partial charge on any atom is 0.256 e. The van der Waals surface area contributed by atoms with Crippen LogP contribution in [0.5, 0.6) is 0 Å². The molecule has 2 aromatic rings. The summed E-state index contributed by atoms with van der Waals surface area (Å²) in [5.74, 6) is 6.09. The zero-order valence-corrected chi connectivity index (χ0v) is 12.1. The van der Waals surface area contributed by atoms with Gasteiger partial charge in [-0.2, -0.15) is 0 Å². The minimum absolute atomic E-state index is 0.206. The fraction of sp³-hybridized carbons (Fsp3) is 0.176. The smallest absolute Gasteiger partial charge is 0.256 e. The molecule has 1 amide bonds. The largest absolute Gasteiger partial charge is 0.320 e. The van der Waals surface area contributed by atoms with Gasteiger partial charge in [0.2, 0.25) is 0 Å². The topological polar surface area (TPSA) is 68.0 Å². The molecule has 4 heteroatoms. The molecule has 1 aromatic heterocycles. The van der Waals surface area contributed by atoms with E-state index in [2.05, 4.69) is 22.1 Å². The fourth-order valence-corrected chi connectivity index (χ4v) is 1.77. The number of nitrogens with two attached hydrogens (primary N) is 1. The Kier molecular flexibility index (Phi) is 4.70. The molecule has 21 heavy (non-hydrogen) atoms. The number of hydrogen-bond acceptors (Lipinski definition) is 3. The number of benzene rings is 1. The molecule has 0 atom stereocenters. The third-order valence-corrected chi connectivity index (χ3v) is 2.98. The van der Waals surface area contributed by atoms with E-state index in [4.69, 9.17) is 5.73 Å². The molecule has 0 spiro atoms. The van der Waals surface area contributed by atoms with Crippen LogP contribution in [0.15, 0.2) is 36.5 Å². The van der Waals surface area contributed by atoms with Gasteiger partial charge in [0.15, 0.2) is 0 Å². The second kappa shape index (κ2) is 6.69. The molecule has 0 unspecified atom stereocenters. The molecule has 0 aliphatic carbocycles.